The normalized spacial score (nSPS) is 11.1. The Morgan fingerprint density at radius 2 is 1.90 bits per heavy atom. The van der Waals surface area contributed by atoms with Crippen LogP contribution in [0.2, 0.25) is 5.02 Å². The molecule has 0 saturated carbocycles. The fraction of sp³-hybridized carbons (Fsp3) is 0.0714. The van der Waals surface area contributed by atoms with E-state index < -0.39 is 16.0 Å². The lowest BCUT2D eigenvalue weighted by molar-refractivity contribution is -0.255. The molecule has 0 amide bonds. The maximum absolute atomic E-state index is 12.3. The molecule has 21 heavy (non-hydrogen) atoms. The Labute approximate surface area is 127 Å². The van der Waals surface area contributed by atoms with Crippen LogP contribution in [0.25, 0.3) is 0 Å². The van der Waals surface area contributed by atoms with Crippen molar-refractivity contribution in [1.29, 1.82) is 0 Å². The van der Waals surface area contributed by atoms with Crippen molar-refractivity contribution in [2.45, 2.75) is 11.8 Å². The van der Waals surface area contributed by atoms with Crippen molar-refractivity contribution in [3.05, 3.63) is 58.6 Å². The van der Waals surface area contributed by atoms with Crippen molar-refractivity contribution >= 4 is 33.3 Å². The van der Waals surface area contributed by atoms with Crippen LogP contribution < -0.4 is 9.83 Å². The Balaban J connectivity index is 2.44. The van der Waals surface area contributed by atoms with Crippen LogP contribution in [0.3, 0.4) is 0 Å². The molecule has 0 saturated heterocycles. The van der Waals surface area contributed by atoms with E-state index >= 15 is 0 Å². The second-order valence-electron chi connectivity index (χ2n) is 4.38. The molecule has 5 nitrogen and oxygen atoms in total. The summed E-state index contributed by atoms with van der Waals surface area (Å²) in [6, 6.07) is 9.99. The van der Waals surface area contributed by atoms with Gasteiger partial charge in [0.1, 0.15) is 0 Å². The molecule has 0 aliphatic carbocycles. The molecule has 7 heteroatoms. The first-order valence-electron chi connectivity index (χ1n) is 5.90. The molecule has 2 rings (SSSR count). The van der Waals surface area contributed by atoms with Gasteiger partial charge in [0.2, 0.25) is 0 Å². The second-order valence-corrected chi connectivity index (χ2v) is 6.47. The van der Waals surface area contributed by atoms with Gasteiger partial charge >= 0.3 is 0 Å². The summed E-state index contributed by atoms with van der Waals surface area (Å²) in [4.78, 5) is 10.7. The van der Waals surface area contributed by atoms with Crippen molar-refractivity contribution in [2.24, 2.45) is 0 Å². The molecule has 1 N–H and O–H groups in total. The summed E-state index contributed by atoms with van der Waals surface area (Å²) in [6.07, 6.45) is 0. The molecule has 2 aromatic carbocycles. The van der Waals surface area contributed by atoms with Crippen molar-refractivity contribution in [3.63, 3.8) is 0 Å². The summed E-state index contributed by atoms with van der Waals surface area (Å²) < 4.78 is 27.0. The van der Waals surface area contributed by atoms with Gasteiger partial charge in [-0.15, -0.1) is 0 Å². The number of carbonyl (C=O) groups is 1. The van der Waals surface area contributed by atoms with E-state index in [1.165, 1.54) is 18.2 Å². The number of carboxylic acid groups (broad SMARTS) is 1. The highest BCUT2D eigenvalue weighted by atomic mass is 35.5. The molecular formula is C14H11ClNO4S-. The SMILES string of the molecule is Cc1ccc(C(=O)[O-])cc1S(=O)(=O)Nc1cccc(Cl)c1. The van der Waals surface area contributed by atoms with Gasteiger partial charge in [0.25, 0.3) is 10.0 Å². The molecule has 0 unspecified atom stereocenters. The number of rotatable bonds is 4. The minimum Gasteiger partial charge on any atom is -0.545 e. The number of halogens is 1. The zero-order valence-electron chi connectivity index (χ0n) is 11.0. The highest BCUT2D eigenvalue weighted by Gasteiger charge is 2.18. The van der Waals surface area contributed by atoms with Crippen LogP contribution in [-0.4, -0.2) is 14.4 Å². The third-order valence-electron chi connectivity index (χ3n) is 2.79. The Kier molecular flexibility index (Phi) is 4.20. The number of anilines is 1. The van der Waals surface area contributed by atoms with E-state index in [2.05, 4.69) is 4.72 Å². The molecule has 0 spiro atoms. The number of nitrogens with one attached hydrogen (secondary N) is 1. The van der Waals surface area contributed by atoms with Gasteiger partial charge < -0.3 is 9.90 Å². The predicted octanol–water partition coefficient (Wildman–Crippen LogP) is 1.81. The number of aryl methyl sites for hydroxylation is 1. The van der Waals surface area contributed by atoms with E-state index in [4.69, 9.17) is 11.6 Å². The molecule has 0 aromatic heterocycles. The third kappa shape index (κ3) is 3.53. The highest BCUT2D eigenvalue weighted by molar-refractivity contribution is 7.92. The zero-order chi connectivity index (χ0) is 15.6. The molecule has 2 aromatic rings. The summed E-state index contributed by atoms with van der Waals surface area (Å²) in [5.74, 6) is -1.44. The van der Waals surface area contributed by atoms with Crippen LogP contribution >= 0.6 is 11.6 Å². The van der Waals surface area contributed by atoms with Gasteiger partial charge in [-0.1, -0.05) is 29.8 Å². The summed E-state index contributed by atoms with van der Waals surface area (Å²) in [6.45, 7) is 1.57. The van der Waals surface area contributed by atoms with Crippen molar-refractivity contribution in [1.82, 2.24) is 0 Å². The van der Waals surface area contributed by atoms with Crippen LogP contribution in [0.4, 0.5) is 5.69 Å². The lowest BCUT2D eigenvalue weighted by Crippen LogP contribution is -2.23. The number of hydrogen-bond acceptors (Lipinski definition) is 4. The van der Waals surface area contributed by atoms with Gasteiger partial charge in [0.05, 0.1) is 16.6 Å². The van der Waals surface area contributed by atoms with E-state index in [1.54, 1.807) is 25.1 Å². The van der Waals surface area contributed by atoms with Crippen molar-refractivity contribution in [3.8, 4) is 0 Å². The van der Waals surface area contributed by atoms with Gasteiger partial charge in [0.15, 0.2) is 0 Å². The van der Waals surface area contributed by atoms with E-state index in [0.29, 0.717) is 16.3 Å². The molecule has 110 valence electrons. The fourth-order valence-corrected chi connectivity index (χ4v) is 3.29. The number of aromatic carboxylic acids is 1. The van der Waals surface area contributed by atoms with Gasteiger partial charge in [-0.3, -0.25) is 4.72 Å². The maximum Gasteiger partial charge on any atom is 0.262 e. The largest absolute Gasteiger partial charge is 0.545 e. The first kappa shape index (κ1) is 15.3. The van der Waals surface area contributed by atoms with Crippen LogP contribution in [0.15, 0.2) is 47.4 Å². The number of carbonyl (C=O) groups excluding carboxylic acids is 1. The van der Waals surface area contributed by atoms with Gasteiger partial charge in [-0.25, -0.2) is 8.42 Å². The van der Waals surface area contributed by atoms with Crippen LogP contribution in [0.1, 0.15) is 15.9 Å². The smallest absolute Gasteiger partial charge is 0.262 e. The van der Waals surface area contributed by atoms with Crippen LogP contribution in [0, 0.1) is 6.92 Å². The van der Waals surface area contributed by atoms with E-state index in [0.717, 1.165) is 6.07 Å². The van der Waals surface area contributed by atoms with Crippen molar-refractivity contribution in [2.75, 3.05) is 4.72 Å². The second kappa shape index (κ2) is 5.75. The Morgan fingerprint density at radius 3 is 2.52 bits per heavy atom. The molecule has 0 heterocycles. The highest BCUT2D eigenvalue weighted by Crippen LogP contribution is 2.22. The monoisotopic (exact) mass is 324 g/mol. The van der Waals surface area contributed by atoms with Crippen LogP contribution in [0.5, 0.6) is 0 Å². The summed E-state index contributed by atoms with van der Waals surface area (Å²) in [5.41, 5.74) is 0.516. The molecule has 0 aliphatic heterocycles. The minimum absolute atomic E-state index is 0.121. The van der Waals surface area contributed by atoms with Gasteiger partial charge in [0, 0.05) is 5.02 Å². The topological polar surface area (TPSA) is 86.3 Å². The molecule has 0 radical (unpaired) electrons. The van der Waals surface area contributed by atoms with E-state index in [-0.39, 0.29) is 10.5 Å². The molecule has 0 bridgehead atoms. The quantitative estimate of drug-likeness (QED) is 0.929. The first-order valence-corrected chi connectivity index (χ1v) is 7.76. The van der Waals surface area contributed by atoms with Crippen molar-refractivity contribution < 1.29 is 18.3 Å². The Hall–Kier alpha value is -2.05. The summed E-state index contributed by atoms with van der Waals surface area (Å²) in [7, 11) is -3.92. The number of hydrogen-bond donors (Lipinski definition) is 1. The summed E-state index contributed by atoms with van der Waals surface area (Å²) >= 11 is 5.80. The predicted molar refractivity (Wildman–Crippen MR) is 77.8 cm³/mol. The molecule has 0 atom stereocenters. The maximum atomic E-state index is 12.3. The Bertz CT molecular complexity index is 802. The van der Waals surface area contributed by atoms with E-state index in [9.17, 15) is 18.3 Å². The lowest BCUT2D eigenvalue weighted by atomic mass is 10.1. The average molecular weight is 325 g/mol. The average Bonchev–Trinajstić information content (AvgIpc) is 2.38. The third-order valence-corrected chi connectivity index (χ3v) is 4.55. The van der Waals surface area contributed by atoms with Crippen LogP contribution in [-0.2, 0) is 10.0 Å². The minimum atomic E-state index is -3.92. The standard InChI is InChI=1S/C14H12ClNO4S/c1-9-5-6-10(14(17)18)7-13(9)21(19,20)16-12-4-2-3-11(15)8-12/h2-8,16H,1H3,(H,17,18)/p-1. The number of carboxylic acids is 1. The summed E-state index contributed by atoms with van der Waals surface area (Å²) in [5, 5.41) is 11.2. The molecular weight excluding hydrogens is 314 g/mol. The fourth-order valence-electron chi connectivity index (χ4n) is 1.78. The molecule has 0 fully saturated rings. The number of sulfonamides is 1. The Morgan fingerprint density at radius 1 is 1.19 bits per heavy atom. The van der Waals surface area contributed by atoms with E-state index in [1.807, 2.05) is 0 Å². The lowest BCUT2D eigenvalue weighted by Gasteiger charge is -2.12. The van der Waals surface area contributed by atoms with Gasteiger partial charge in [-0.05, 0) is 42.3 Å². The first-order chi connectivity index (χ1) is 9.79. The number of benzene rings is 2. The zero-order valence-corrected chi connectivity index (χ0v) is 12.5. The van der Waals surface area contributed by atoms with Gasteiger partial charge in [-0.2, -0.15) is 0 Å². The molecule has 0 aliphatic rings.